The highest BCUT2D eigenvalue weighted by molar-refractivity contribution is 5.39. The van der Waals surface area contributed by atoms with Crippen LogP contribution in [-0.2, 0) is 9.47 Å². The lowest BCUT2D eigenvalue weighted by molar-refractivity contribution is -0.0430. The third-order valence-corrected chi connectivity index (χ3v) is 3.18. The van der Waals surface area contributed by atoms with E-state index in [0.29, 0.717) is 12.6 Å². The van der Waals surface area contributed by atoms with Crippen LogP contribution >= 0.6 is 0 Å². The van der Waals surface area contributed by atoms with E-state index in [4.69, 9.17) is 15.2 Å². The third kappa shape index (κ3) is 1.28. The van der Waals surface area contributed by atoms with Crippen molar-refractivity contribution < 1.29 is 9.47 Å². The fourth-order valence-electron chi connectivity index (χ4n) is 2.54. The number of hydrogen-bond acceptors (Lipinski definition) is 3. The summed E-state index contributed by atoms with van der Waals surface area (Å²) in [5.41, 5.74) is 8.81. The van der Waals surface area contributed by atoms with Crippen LogP contribution in [0.2, 0.25) is 0 Å². The first-order valence-electron chi connectivity index (χ1n) is 5.25. The Morgan fingerprint density at radius 3 is 3.07 bits per heavy atom. The first kappa shape index (κ1) is 8.50. The molecular weight excluding hydrogens is 178 g/mol. The van der Waals surface area contributed by atoms with E-state index >= 15 is 0 Å². The van der Waals surface area contributed by atoms with Gasteiger partial charge in [-0.05, 0) is 24.5 Å². The molecule has 0 aromatic rings. The van der Waals surface area contributed by atoms with Crippen molar-refractivity contribution >= 4 is 0 Å². The second-order valence-corrected chi connectivity index (χ2v) is 4.26. The van der Waals surface area contributed by atoms with Gasteiger partial charge in [0.25, 0.3) is 0 Å². The first-order valence-corrected chi connectivity index (χ1v) is 5.25. The van der Waals surface area contributed by atoms with E-state index in [1.807, 2.05) is 0 Å². The number of rotatable bonds is 0. The Hall–Kier alpha value is -0.800. The quantitative estimate of drug-likeness (QED) is 0.626. The van der Waals surface area contributed by atoms with Gasteiger partial charge in [0.15, 0.2) is 0 Å². The molecule has 0 bridgehead atoms. The summed E-state index contributed by atoms with van der Waals surface area (Å²) in [5, 5.41) is 0. The van der Waals surface area contributed by atoms with Crippen LogP contribution in [0.4, 0.5) is 0 Å². The molecule has 1 aliphatic heterocycles. The SMILES string of the molecule is N[C@@H]1CC2=C(C1)C[C@@H]1OCCOC1=C2. The molecule has 2 N–H and O–H groups in total. The molecule has 0 aromatic heterocycles. The molecule has 3 rings (SSSR count). The van der Waals surface area contributed by atoms with Gasteiger partial charge in [-0.15, -0.1) is 0 Å². The molecule has 3 nitrogen and oxygen atoms in total. The van der Waals surface area contributed by atoms with Crippen molar-refractivity contribution in [1.82, 2.24) is 0 Å². The van der Waals surface area contributed by atoms with Gasteiger partial charge in [0, 0.05) is 12.5 Å². The number of hydrogen-bond donors (Lipinski definition) is 1. The summed E-state index contributed by atoms with van der Waals surface area (Å²) in [7, 11) is 0. The lowest BCUT2D eigenvalue weighted by atomic mass is 9.96. The summed E-state index contributed by atoms with van der Waals surface area (Å²) < 4.78 is 11.2. The highest BCUT2D eigenvalue weighted by Crippen LogP contribution is 2.37. The highest BCUT2D eigenvalue weighted by atomic mass is 16.6. The van der Waals surface area contributed by atoms with Gasteiger partial charge in [0.2, 0.25) is 0 Å². The van der Waals surface area contributed by atoms with Crippen LogP contribution < -0.4 is 5.73 Å². The number of allylic oxidation sites excluding steroid dienone is 1. The molecule has 0 aromatic carbocycles. The predicted molar refractivity (Wildman–Crippen MR) is 52.6 cm³/mol. The fourth-order valence-corrected chi connectivity index (χ4v) is 2.54. The topological polar surface area (TPSA) is 44.5 Å². The summed E-state index contributed by atoms with van der Waals surface area (Å²) in [4.78, 5) is 0. The van der Waals surface area contributed by atoms with Gasteiger partial charge in [-0.2, -0.15) is 0 Å². The van der Waals surface area contributed by atoms with Crippen molar-refractivity contribution in [2.75, 3.05) is 13.2 Å². The number of fused-ring (bicyclic) bond motifs is 1. The zero-order valence-corrected chi connectivity index (χ0v) is 8.16. The minimum atomic E-state index is 0.174. The average molecular weight is 193 g/mol. The molecule has 0 unspecified atom stereocenters. The average Bonchev–Trinajstić information content (AvgIpc) is 2.53. The van der Waals surface area contributed by atoms with Crippen LogP contribution in [0.5, 0.6) is 0 Å². The minimum Gasteiger partial charge on any atom is -0.493 e. The molecule has 1 fully saturated rings. The Labute approximate surface area is 83.6 Å². The molecule has 14 heavy (non-hydrogen) atoms. The molecule has 76 valence electrons. The van der Waals surface area contributed by atoms with Crippen LogP contribution in [0.15, 0.2) is 23.0 Å². The van der Waals surface area contributed by atoms with Crippen molar-refractivity contribution in [3.05, 3.63) is 23.0 Å². The van der Waals surface area contributed by atoms with Gasteiger partial charge >= 0.3 is 0 Å². The molecule has 0 saturated carbocycles. The Balaban J connectivity index is 1.87. The van der Waals surface area contributed by atoms with Gasteiger partial charge < -0.3 is 15.2 Å². The molecule has 0 radical (unpaired) electrons. The summed E-state index contributed by atoms with van der Waals surface area (Å²) in [5.74, 6) is 1.02. The van der Waals surface area contributed by atoms with E-state index in [9.17, 15) is 0 Å². The van der Waals surface area contributed by atoms with Crippen LogP contribution in [0, 0.1) is 0 Å². The molecule has 0 spiro atoms. The molecular formula is C11H15NO2. The Morgan fingerprint density at radius 2 is 2.14 bits per heavy atom. The van der Waals surface area contributed by atoms with Crippen LogP contribution in [0.1, 0.15) is 19.3 Å². The lowest BCUT2D eigenvalue weighted by Gasteiger charge is -2.30. The largest absolute Gasteiger partial charge is 0.493 e. The molecule has 1 heterocycles. The van der Waals surface area contributed by atoms with Crippen molar-refractivity contribution in [3.8, 4) is 0 Å². The molecule has 3 heteroatoms. The van der Waals surface area contributed by atoms with Gasteiger partial charge in [-0.1, -0.05) is 5.57 Å². The standard InChI is InChI=1S/C11H15NO2/c12-9-3-7-5-10-11(6-8(7)4-9)14-2-1-13-10/h5,9,11H,1-4,6,12H2/t9-,11+/m1/s1. The van der Waals surface area contributed by atoms with Crippen molar-refractivity contribution in [3.63, 3.8) is 0 Å². The van der Waals surface area contributed by atoms with Crippen molar-refractivity contribution in [2.45, 2.75) is 31.4 Å². The van der Waals surface area contributed by atoms with Crippen molar-refractivity contribution in [2.24, 2.45) is 5.73 Å². The summed E-state index contributed by atoms with van der Waals surface area (Å²) in [6.07, 6.45) is 5.37. The van der Waals surface area contributed by atoms with Gasteiger partial charge in [0.05, 0.1) is 6.61 Å². The second kappa shape index (κ2) is 3.11. The fraction of sp³-hybridized carbons (Fsp3) is 0.636. The van der Waals surface area contributed by atoms with E-state index in [2.05, 4.69) is 6.08 Å². The number of nitrogens with two attached hydrogens (primary N) is 1. The zero-order valence-electron chi connectivity index (χ0n) is 8.16. The van der Waals surface area contributed by atoms with Gasteiger partial charge in [-0.3, -0.25) is 0 Å². The van der Waals surface area contributed by atoms with Gasteiger partial charge in [-0.25, -0.2) is 0 Å². The van der Waals surface area contributed by atoms with E-state index in [1.54, 1.807) is 0 Å². The molecule has 2 aliphatic carbocycles. The summed E-state index contributed by atoms with van der Waals surface area (Å²) in [6.45, 7) is 1.41. The molecule has 2 atom stereocenters. The molecule has 1 saturated heterocycles. The molecule has 0 amide bonds. The third-order valence-electron chi connectivity index (χ3n) is 3.18. The maximum atomic E-state index is 5.93. The van der Waals surface area contributed by atoms with Gasteiger partial charge in [0.1, 0.15) is 18.5 Å². The summed E-state index contributed by atoms with van der Waals surface area (Å²) in [6, 6.07) is 0.317. The first-order chi connectivity index (χ1) is 6.83. The highest BCUT2D eigenvalue weighted by Gasteiger charge is 2.31. The molecule has 3 aliphatic rings. The monoisotopic (exact) mass is 193 g/mol. The normalized spacial score (nSPS) is 35.9. The van der Waals surface area contributed by atoms with E-state index in [-0.39, 0.29) is 6.10 Å². The van der Waals surface area contributed by atoms with Crippen molar-refractivity contribution in [1.29, 1.82) is 0 Å². The van der Waals surface area contributed by atoms with Crippen LogP contribution in [0.25, 0.3) is 0 Å². The zero-order chi connectivity index (χ0) is 9.54. The Kier molecular flexibility index (Phi) is 1.89. The van der Waals surface area contributed by atoms with E-state index in [0.717, 1.165) is 31.6 Å². The van der Waals surface area contributed by atoms with E-state index < -0.39 is 0 Å². The smallest absolute Gasteiger partial charge is 0.125 e. The lowest BCUT2D eigenvalue weighted by Crippen LogP contribution is -2.29. The van der Waals surface area contributed by atoms with E-state index in [1.165, 1.54) is 11.1 Å². The Morgan fingerprint density at radius 1 is 1.21 bits per heavy atom. The minimum absolute atomic E-state index is 0.174. The Bertz CT molecular complexity index is 319. The van der Waals surface area contributed by atoms with Crippen LogP contribution in [-0.4, -0.2) is 25.4 Å². The predicted octanol–water partition coefficient (Wildman–Crippen LogP) is 1.11. The maximum Gasteiger partial charge on any atom is 0.125 e. The second-order valence-electron chi connectivity index (χ2n) is 4.26. The number of ether oxygens (including phenoxy) is 2. The maximum absolute atomic E-state index is 5.93. The summed E-state index contributed by atoms with van der Waals surface area (Å²) >= 11 is 0. The van der Waals surface area contributed by atoms with Crippen LogP contribution in [0.3, 0.4) is 0 Å².